The summed E-state index contributed by atoms with van der Waals surface area (Å²) >= 11 is 6.34. The van der Waals surface area contributed by atoms with Crippen LogP contribution in [0.2, 0.25) is 5.02 Å². The number of rotatable bonds is 5. The van der Waals surface area contributed by atoms with Gasteiger partial charge in [0.1, 0.15) is 0 Å². The summed E-state index contributed by atoms with van der Waals surface area (Å²) in [7, 11) is 2.88. The number of hydrogen-bond acceptors (Lipinski definition) is 6. The molecule has 0 radical (unpaired) electrons. The van der Waals surface area contributed by atoms with Crippen molar-refractivity contribution in [3.05, 3.63) is 41.8 Å². The predicted molar refractivity (Wildman–Crippen MR) is 112 cm³/mol. The minimum Gasteiger partial charge on any atom is -0.447 e. The SMILES string of the molecule is CON(C)C(=O)Nc1ccc(Cl)c(-c2cn3cc(NC(=O)OC(C)C)cnc3n2)c1. The highest BCUT2D eigenvalue weighted by Gasteiger charge is 2.14. The number of imidazole rings is 1. The molecule has 0 spiro atoms. The molecule has 158 valence electrons. The number of urea groups is 1. The summed E-state index contributed by atoms with van der Waals surface area (Å²) in [5.41, 5.74) is 2.12. The third-order valence-corrected chi connectivity index (χ3v) is 4.28. The van der Waals surface area contributed by atoms with E-state index in [1.165, 1.54) is 20.4 Å². The first kappa shape index (κ1) is 21.3. The number of nitrogens with zero attached hydrogens (tertiary/aromatic N) is 4. The fourth-order valence-electron chi connectivity index (χ4n) is 2.52. The Hall–Kier alpha value is -3.37. The van der Waals surface area contributed by atoms with E-state index in [1.54, 1.807) is 48.8 Å². The van der Waals surface area contributed by atoms with Crippen molar-refractivity contribution in [3.63, 3.8) is 0 Å². The van der Waals surface area contributed by atoms with Crippen LogP contribution >= 0.6 is 11.6 Å². The van der Waals surface area contributed by atoms with Crippen LogP contribution in [0.5, 0.6) is 0 Å². The molecule has 3 aromatic rings. The maximum absolute atomic E-state index is 12.0. The van der Waals surface area contributed by atoms with Crippen molar-refractivity contribution in [1.29, 1.82) is 0 Å². The molecule has 0 bridgehead atoms. The monoisotopic (exact) mass is 432 g/mol. The van der Waals surface area contributed by atoms with Gasteiger partial charge in [0.2, 0.25) is 5.78 Å². The number of hydrogen-bond donors (Lipinski definition) is 2. The molecule has 3 amide bonds. The fourth-order valence-corrected chi connectivity index (χ4v) is 2.74. The number of fused-ring (bicyclic) bond motifs is 1. The molecule has 0 atom stereocenters. The second kappa shape index (κ2) is 8.97. The molecule has 0 unspecified atom stereocenters. The summed E-state index contributed by atoms with van der Waals surface area (Å²) in [5, 5.41) is 6.82. The van der Waals surface area contributed by atoms with Gasteiger partial charge < -0.3 is 10.1 Å². The van der Waals surface area contributed by atoms with Crippen molar-refractivity contribution in [2.75, 3.05) is 24.8 Å². The molecule has 0 saturated carbocycles. The lowest BCUT2D eigenvalue weighted by Gasteiger charge is -2.15. The second-order valence-electron chi connectivity index (χ2n) is 6.56. The van der Waals surface area contributed by atoms with E-state index in [2.05, 4.69) is 20.6 Å². The van der Waals surface area contributed by atoms with E-state index in [-0.39, 0.29) is 6.10 Å². The van der Waals surface area contributed by atoms with E-state index in [1.807, 2.05) is 0 Å². The van der Waals surface area contributed by atoms with Gasteiger partial charge in [0.05, 0.1) is 35.8 Å². The van der Waals surface area contributed by atoms with Gasteiger partial charge in [-0.2, -0.15) is 0 Å². The van der Waals surface area contributed by atoms with Gasteiger partial charge in [-0.05, 0) is 32.0 Å². The number of carbonyl (C=O) groups excluding carboxylic acids is 2. The number of amides is 3. The van der Waals surface area contributed by atoms with Gasteiger partial charge in [0.15, 0.2) is 0 Å². The van der Waals surface area contributed by atoms with Gasteiger partial charge in [-0.25, -0.2) is 24.6 Å². The lowest BCUT2D eigenvalue weighted by Crippen LogP contribution is -2.30. The summed E-state index contributed by atoms with van der Waals surface area (Å²) in [4.78, 5) is 37.3. The van der Waals surface area contributed by atoms with E-state index in [4.69, 9.17) is 21.2 Å². The van der Waals surface area contributed by atoms with Crippen LogP contribution in [0.4, 0.5) is 21.0 Å². The molecule has 2 heterocycles. The number of ether oxygens (including phenoxy) is 1. The fraction of sp³-hybridized carbons (Fsp3) is 0.263. The summed E-state index contributed by atoms with van der Waals surface area (Å²) in [5.74, 6) is 0.414. The normalized spacial score (nSPS) is 10.9. The van der Waals surface area contributed by atoms with E-state index >= 15 is 0 Å². The molecule has 0 saturated heterocycles. The molecule has 2 aromatic heterocycles. The van der Waals surface area contributed by atoms with Crippen LogP contribution in [0, 0.1) is 0 Å². The number of aromatic nitrogens is 3. The molecular formula is C19H21ClN6O4. The second-order valence-corrected chi connectivity index (χ2v) is 6.97. The lowest BCUT2D eigenvalue weighted by molar-refractivity contribution is -0.0598. The van der Waals surface area contributed by atoms with Crippen LogP contribution in [0.1, 0.15) is 13.8 Å². The number of anilines is 2. The Morgan fingerprint density at radius 1 is 1.20 bits per heavy atom. The zero-order valence-corrected chi connectivity index (χ0v) is 17.6. The average molecular weight is 433 g/mol. The molecule has 0 aliphatic rings. The van der Waals surface area contributed by atoms with E-state index in [0.29, 0.717) is 33.4 Å². The Morgan fingerprint density at radius 2 is 1.97 bits per heavy atom. The number of halogens is 1. The van der Waals surface area contributed by atoms with Crippen molar-refractivity contribution in [1.82, 2.24) is 19.4 Å². The quantitative estimate of drug-likeness (QED) is 0.589. The third-order valence-electron chi connectivity index (χ3n) is 3.95. The first-order valence-corrected chi connectivity index (χ1v) is 9.35. The Bertz CT molecular complexity index is 1080. The Kier molecular flexibility index (Phi) is 6.38. The van der Waals surface area contributed by atoms with Gasteiger partial charge in [-0.1, -0.05) is 11.6 Å². The van der Waals surface area contributed by atoms with E-state index in [0.717, 1.165) is 5.06 Å². The van der Waals surface area contributed by atoms with Gasteiger partial charge in [0, 0.05) is 30.7 Å². The van der Waals surface area contributed by atoms with Crippen LogP contribution < -0.4 is 10.6 Å². The van der Waals surface area contributed by atoms with E-state index < -0.39 is 12.1 Å². The van der Waals surface area contributed by atoms with Gasteiger partial charge in [-0.15, -0.1) is 0 Å². The zero-order chi connectivity index (χ0) is 21.8. The van der Waals surface area contributed by atoms with Crippen LogP contribution in [0.15, 0.2) is 36.8 Å². The summed E-state index contributed by atoms with van der Waals surface area (Å²) in [6, 6.07) is 4.59. The van der Waals surface area contributed by atoms with Crippen LogP contribution in [-0.4, -0.2) is 51.8 Å². The lowest BCUT2D eigenvalue weighted by atomic mass is 10.1. The molecule has 2 N–H and O–H groups in total. The number of benzene rings is 1. The molecule has 1 aromatic carbocycles. The van der Waals surface area contributed by atoms with Gasteiger partial charge >= 0.3 is 12.1 Å². The molecule has 11 heteroatoms. The minimum absolute atomic E-state index is 0.236. The van der Waals surface area contributed by atoms with Crippen LogP contribution in [-0.2, 0) is 9.57 Å². The maximum atomic E-state index is 12.0. The van der Waals surface area contributed by atoms with Crippen molar-refractivity contribution in [2.24, 2.45) is 0 Å². The highest BCUT2D eigenvalue weighted by atomic mass is 35.5. The average Bonchev–Trinajstić information content (AvgIpc) is 3.11. The minimum atomic E-state index is -0.570. The molecule has 0 fully saturated rings. The van der Waals surface area contributed by atoms with Gasteiger partial charge in [-0.3, -0.25) is 14.6 Å². The molecule has 3 rings (SSSR count). The topological polar surface area (TPSA) is 110 Å². The first-order valence-electron chi connectivity index (χ1n) is 8.98. The Balaban J connectivity index is 1.86. The largest absolute Gasteiger partial charge is 0.447 e. The summed E-state index contributed by atoms with van der Waals surface area (Å²) in [6.45, 7) is 3.52. The highest BCUT2D eigenvalue weighted by Crippen LogP contribution is 2.30. The standard InChI is InChI=1S/C19H21ClN6O4/c1-11(2)30-19(28)23-13-8-21-17-24-16(10-26(17)9-13)14-7-12(5-6-15(14)20)22-18(27)25(3)29-4/h5-11H,1-4H3,(H,22,27)(H,23,28). The third kappa shape index (κ3) is 4.97. The maximum Gasteiger partial charge on any atom is 0.411 e. The van der Waals surface area contributed by atoms with E-state index in [9.17, 15) is 9.59 Å². The predicted octanol–water partition coefficient (Wildman–Crippen LogP) is 4.03. The Morgan fingerprint density at radius 3 is 2.67 bits per heavy atom. The van der Waals surface area contributed by atoms with Crippen molar-refractivity contribution in [3.8, 4) is 11.3 Å². The van der Waals surface area contributed by atoms with Crippen molar-refractivity contribution < 1.29 is 19.2 Å². The van der Waals surface area contributed by atoms with Crippen LogP contribution in [0.25, 0.3) is 17.0 Å². The zero-order valence-electron chi connectivity index (χ0n) is 16.8. The van der Waals surface area contributed by atoms with Crippen molar-refractivity contribution in [2.45, 2.75) is 20.0 Å². The number of hydroxylamine groups is 2. The smallest absolute Gasteiger partial charge is 0.411 e. The molecule has 0 aliphatic carbocycles. The van der Waals surface area contributed by atoms with Crippen LogP contribution in [0.3, 0.4) is 0 Å². The highest BCUT2D eigenvalue weighted by molar-refractivity contribution is 6.33. The molecular weight excluding hydrogens is 412 g/mol. The number of carbonyl (C=O) groups is 2. The first-order chi connectivity index (χ1) is 14.3. The van der Waals surface area contributed by atoms with Gasteiger partial charge in [0.25, 0.3) is 0 Å². The summed E-state index contributed by atoms with van der Waals surface area (Å²) in [6.07, 6.45) is 4.05. The molecule has 10 nitrogen and oxygen atoms in total. The number of nitrogens with one attached hydrogen (secondary N) is 2. The molecule has 30 heavy (non-hydrogen) atoms. The summed E-state index contributed by atoms with van der Waals surface area (Å²) < 4.78 is 6.71. The Labute approximate surface area is 177 Å². The molecule has 0 aliphatic heterocycles. The van der Waals surface area contributed by atoms with Crippen molar-refractivity contribution >= 4 is 40.9 Å².